The van der Waals surface area contributed by atoms with Crippen LogP contribution >= 0.6 is 0 Å². The number of quaternary nitrogens is 1. The number of rotatable bonds is 1. The van der Waals surface area contributed by atoms with Gasteiger partial charge in [-0.05, 0) is 0 Å². The van der Waals surface area contributed by atoms with Crippen LogP contribution in [0.25, 0.3) is 0 Å². The average Bonchev–Trinajstić information content (AvgIpc) is 2.18. The third kappa shape index (κ3) is 0.914. The van der Waals surface area contributed by atoms with Gasteiger partial charge in [0.15, 0.2) is 0 Å². The normalized spacial score (nSPS) is 49.9. The molecule has 0 saturated carbocycles. The Morgan fingerprint density at radius 3 is 2.14 bits per heavy atom. The summed E-state index contributed by atoms with van der Waals surface area (Å²) in [5.74, 6) is 0. The minimum absolute atomic E-state index is 0.473. The molecular weight excluding hydrogens is 201 g/mol. The van der Waals surface area contributed by atoms with E-state index in [1.165, 1.54) is 9.24 Å². The zero-order valence-electron chi connectivity index (χ0n) is 5.11. The van der Waals surface area contributed by atoms with Gasteiger partial charge in [-0.2, -0.15) is 0 Å². The molecule has 2 heteroatoms. The fourth-order valence-corrected chi connectivity index (χ4v) is 2.62. The van der Waals surface area contributed by atoms with Gasteiger partial charge in [0.05, 0.1) is 0 Å². The molecule has 0 N–H and O–H groups in total. The first kappa shape index (κ1) is 5.82. The second-order valence-corrected chi connectivity index (χ2v) is 5.51. The predicted octanol–water partition coefficient (Wildman–Crippen LogP) is -2.53. The number of hydrogen-bond donors (Lipinski definition) is 0. The minimum atomic E-state index is 0.473. The van der Waals surface area contributed by atoms with Crippen molar-refractivity contribution in [3.8, 4) is 0 Å². The first-order valence-electron chi connectivity index (χ1n) is 2.55. The molecule has 0 amide bonds. The third-order valence-electron chi connectivity index (χ3n) is 1.79. The molecule has 44 valence electrons. The summed E-state index contributed by atoms with van der Waals surface area (Å²) >= 11 is 0.473. The van der Waals surface area contributed by atoms with Crippen LogP contribution in [0.15, 0.2) is 0 Å². The van der Waals surface area contributed by atoms with Crippen molar-refractivity contribution < 1.29 is 24.2 Å². The summed E-state index contributed by atoms with van der Waals surface area (Å²) in [4.78, 5) is 2.36. The molecule has 0 bridgehead atoms. The van der Waals surface area contributed by atoms with Crippen molar-refractivity contribution in [3.63, 3.8) is 0 Å². The first-order chi connectivity index (χ1) is 3.19. The second-order valence-electron chi connectivity index (χ2n) is 2.34. The Morgan fingerprint density at radius 2 is 2.14 bits per heavy atom. The Morgan fingerprint density at radius 1 is 1.71 bits per heavy atom. The van der Waals surface area contributed by atoms with Crippen LogP contribution in [0, 0.1) is 0 Å². The number of halogens is 1. The van der Waals surface area contributed by atoms with E-state index in [0.29, 0.717) is 21.5 Å². The van der Waals surface area contributed by atoms with Crippen molar-refractivity contribution in [2.45, 2.75) is 13.0 Å². The number of likely N-dealkylation sites (N-methyl/N-ethyl adjacent to an activating group) is 1. The van der Waals surface area contributed by atoms with Gasteiger partial charge in [0.1, 0.15) is 0 Å². The second kappa shape index (κ2) is 1.58. The van der Waals surface area contributed by atoms with Gasteiger partial charge in [0, 0.05) is 0 Å². The molecule has 0 spiro atoms. The zero-order chi connectivity index (χ0) is 5.49. The molecule has 0 radical (unpaired) electrons. The molecule has 1 aliphatic rings. The van der Waals surface area contributed by atoms with Crippen LogP contribution < -0.4 is 21.5 Å². The molecule has 1 aliphatic heterocycles. The predicted molar refractivity (Wildman–Crippen MR) is 26.4 cm³/mol. The standard InChI is InChI=1S/C5H12IN/c1-5-4-7(5,3)6-2/h5H,4H2,1-3H3. The van der Waals surface area contributed by atoms with E-state index < -0.39 is 0 Å². The van der Waals surface area contributed by atoms with Gasteiger partial charge in [0.2, 0.25) is 0 Å². The molecule has 2 atom stereocenters. The molecule has 0 aliphatic carbocycles. The molecule has 0 aromatic rings. The number of alkyl halides is 1. The van der Waals surface area contributed by atoms with Crippen LogP contribution in [-0.2, 0) is 0 Å². The molecular formula is C5H12IN. The fourth-order valence-electron chi connectivity index (χ4n) is 0.705. The van der Waals surface area contributed by atoms with Crippen LogP contribution in [0.3, 0.4) is 0 Å². The van der Waals surface area contributed by atoms with Crippen molar-refractivity contribution in [2.75, 3.05) is 18.5 Å². The monoisotopic (exact) mass is 213 g/mol. The average molecular weight is 213 g/mol. The first-order valence-corrected chi connectivity index (χ1v) is 5.68. The number of hydrogen-bond acceptors (Lipinski definition) is 0. The van der Waals surface area contributed by atoms with Gasteiger partial charge in [-0.15, -0.1) is 0 Å². The quantitative estimate of drug-likeness (QED) is 0.195. The molecule has 1 heterocycles. The van der Waals surface area contributed by atoms with E-state index in [2.05, 4.69) is 18.9 Å². The van der Waals surface area contributed by atoms with Crippen molar-refractivity contribution in [1.29, 1.82) is 0 Å². The van der Waals surface area contributed by atoms with Gasteiger partial charge in [-0.1, -0.05) is 0 Å². The maximum atomic E-state index is 2.36. The van der Waals surface area contributed by atoms with E-state index >= 15 is 0 Å². The molecule has 7 heavy (non-hydrogen) atoms. The van der Waals surface area contributed by atoms with Gasteiger partial charge < -0.3 is 0 Å². The molecule has 1 rings (SSSR count). The maximum absolute atomic E-state index is 2.36. The van der Waals surface area contributed by atoms with Crippen molar-refractivity contribution in [3.05, 3.63) is 0 Å². The fraction of sp³-hybridized carbons (Fsp3) is 1.00. The van der Waals surface area contributed by atoms with E-state index in [9.17, 15) is 0 Å². The van der Waals surface area contributed by atoms with E-state index in [1.807, 2.05) is 0 Å². The summed E-state index contributed by atoms with van der Waals surface area (Å²) in [6, 6.07) is 0.998. The van der Waals surface area contributed by atoms with Crippen LogP contribution in [-0.4, -0.2) is 27.3 Å². The van der Waals surface area contributed by atoms with Gasteiger partial charge in [0.25, 0.3) is 0 Å². The Kier molecular flexibility index (Phi) is 1.32. The molecule has 2 unspecified atom stereocenters. The summed E-state index contributed by atoms with van der Waals surface area (Å²) in [7, 11) is 2.36. The van der Waals surface area contributed by atoms with Crippen LogP contribution in [0.2, 0.25) is 0 Å². The van der Waals surface area contributed by atoms with Gasteiger partial charge >= 0.3 is 55.7 Å². The van der Waals surface area contributed by atoms with Crippen molar-refractivity contribution >= 4 is 0 Å². The van der Waals surface area contributed by atoms with E-state index in [-0.39, 0.29) is 0 Å². The molecule has 0 aromatic heterocycles. The van der Waals surface area contributed by atoms with Crippen LogP contribution in [0.4, 0.5) is 0 Å². The van der Waals surface area contributed by atoms with Gasteiger partial charge in [-0.3, -0.25) is 0 Å². The SMILES string of the molecule is C[I-][N+]1(C)CC1C. The summed E-state index contributed by atoms with van der Waals surface area (Å²) < 4.78 is 1.42. The molecule has 1 fully saturated rings. The Hall–Kier alpha value is 0.690. The van der Waals surface area contributed by atoms with E-state index in [1.54, 1.807) is 0 Å². The summed E-state index contributed by atoms with van der Waals surface area (Å²) in [6.45, 7) is 3.78. The Balaban J connectivity index is 2.36. The summed E-state index contributed by atoms with van der Waals surface area (Å²) in [5.41, 5.74) is 0. The zero-order valence-corrected chi connectivity index (χ0v) is 7.27. The van der Waals surface area contributed by atoms with Crippen LogP contribution in [0.1, 0.15) is 6.92 Å². The van der Waals surface area contributed by atoms with E-state index in [0.717, 1.165) is 6.04 Å². The summed E-state index contributed by atoms with van der Waals surface area (Å²) in [6.07, 6.45) is 0. The molecule has 1 nitrogen and oxygen atoms in total. The van der Waals surface area contributed by atoms with Crippen LogP contribution in [0.5, 0.6) is 0 Å². The Labute approximate surface area is 55.9 Å². The third-order valence-corrected chi connectivity index (χ3v) is 5.34. The van der Waals surface area contributed by atoms with Gasteiger partial charge in [-0.25, -0.2) is 0 Å². The number of nitrogens with zero attached hydrogens (tertiary/aromatic N) is 1. The van der Waals surface area contributed by atoms with Crippen molar-refractivity contribution in [2.24, 2.45) is 0 Å². The molecule has 1 saturated heterocycles. The van der Waals surface area contributed by atoms with E-state index in [4.69, 9.17) is 0 Å². The topological polar surface area (TPSA) is 0 Å². The Bertz CT molecular complexity index is 80.1. The summed E-state index contributed by atoms with van der Waals surface area (Å²) in [5, 5.41) is 0. The van der Waals surface area contributed by atoms with Crippen molar-refractivity contribution in [1.82, 2.24) is 0 Å². The molecule has 0 aromatic carbocycles.